The normalized spacial score (nSPS) is 11.6. The second kappa shape index (κ2) is 7.64. The summed E-state index contributed by atoms with van der Waals surface area (Å²) in [6.45, 7) is 0.480. The molecule has 0 fully saturated rings. The number of nitrogens with one attached hydrogen (secondary N) is 1. The molecule has 0 aliphatic rings. The molecule has 4 rings (SSSR count). The Morgan fingerprint density at radius 3 is 2.63 bits per heavy atom. The number of halogens is 1. The predicted octanol–water partition coefficient (Wildman–Crippen LogP) is 3.15. The molecule has 2 aromatic carbocycles. The third kappa shape index (κ3) is 3.64. The van der Waals surface area contributed by atoms with E-state index < -0.39 is 21.9 Å². The lowest BCUT2D eigenvalue weighted by Crippen LogP contribution is -2.25. The molecule has 2 heterocycles. The Hall–Kier alpha value is -3.66. The summed E-state index contributed by atoms with van der Waals surface area (Å²) in [7, 11) is -3.94. The van der Waals surface area contributed by atoms with Crippen LogP contribution in [0.25, 0.3) is 22.0 Å². The Bertz CT molecular complexity index is 1330. The first kappa shape index (κ1) is 19.6. The average Bonchev–Trinajstić information content (AvgIpc) is 3.33. The van der Waals surface area contributed by atoms with Gasteiger partial charge in [0.2, 0.25) is 0 Å². The highest BCUT2D eigenvalue weighted by molar-refractivity contribution is 7.90. The summed E-state index contributed by atoms with van der Waals surface area (Å²) in [6.07, 6.45) is 3.56. The van der Waals surface area contributed by atoms with Gasteiger partial charge in [0.15, 0.2) is 0 Å². The number of benzene rings is 2. The largest absolute Gasteiger partial charge is 0.465 e. The summed E-state index contributed by atoms with van der Waals surface area (Å²) in [5, 5.41) is 15.7. The van der Waals surface area contributed by atoms with Crippen LogP contribution in [0.5, 0.6) is 0 Å². The molecule has 0 saturated heterocycles. The van der Waals surface area contributed by atoms with Crippen molar-refractivity contribution in [2.75, 3.05) is 6.54 Å². The van der Waals surface area contributed by atoms with Gasteiger partial charge in [-0.15, -0.1) is 0 Å². The van der Waals surface area contributed by atoms with Crippen molar-refractivity contribution in [1.82, 2.24) is 19.1 Å². The summed E-state index contributed by atoms with van der Waals surface area (Å²) in [6, 6.07) is 11.9. The summed E-state index contributed by atoms with van der Waals surface area (Å²) in [5.74, 6) is -0.549. The van der Waals surface area contributed by atoms with Crippen LogP contribution in [0, 0.1) is 5.82 Å². The molecule has 2 N–H and O–H groups in total. The van der Waals surface area contributed by atoms with Crippen molar-refractivity contribution in [3.8, 4) is 11.1 Å². The Labute approximate surface area is 171 Å². The lowest BCUT2D eigenvalue weighted by atomic mass is 10.1. The number of rotatable bonds is 6. The van der Waals surface area contributed by atoms with Gasteiger partial charge in [0, 0.05) is 35.5 Å². The molecule has 1 amide bonds. The van der Waals surface area contributed by atoms with Crippen LogP contribution in [0.15, 0.2) is 72.0 Å². The van der Waals surface area contributed by atoms with E-state index in [0.717, 1.165) is 3.97 Å². The molecular weight excluding hydrogens is 411 g/mol. The minimum Gasteiger partial charge on any atom is -0.465 e. The molecule has 0 atom stereocenters. The SMILES string of the molecule is O=C(O)NCCn1cc(-c2cn(S(=O)(=O)c3ccccc3)c3cc(F)ccc23)cn1. The van der Waals surface area contributed by atoms with E-state index in [0.29, 0.717) is 23.1 Å². The van der Waals surface area contributed by atoms with E-state index in [2.05, 4.69) is 10.4 Å². The van der Waals surface area contributed by atoms with Crippen LogP contribution in [-0.4, -0.2) is 39.9 Å². The predicted molar refractivity (Wildman–Crippen MR) is 108 cm³/mol. The monoisotopic (exact) mass is 428 g/mol. The highest BCUT2D eigenvalue weighted by atomic mass is 32.2. The topological polar surface area (TPSA) is 106 Å². The number of nitrogens with zero attached hydrogens (tertiary/aromatic N) is 3. The Balaban J connectivity index is 1.80. The number of hydrogen-bond acceptors (Lipinski definition) is 4. The summed E-state index contributed by atoms with van der Waals surface area (Å²) >= 11 is 0. The second-order valence-electron chi connectivity index (χ2n) is 6.54. The molecule has 0 bridgehead atoms. The minimum absolute atomic E-state index is 0.0909. The van der Waals surface area contributed by atoms with Crippen LogP contribution in [0.3, 0.4) is 0 Å². The lowest BCUT2D eigenvalue weighted by molar-refractivity contribution is 0.194. The van der Waals surface area contributed by atoms with E-state index in [1.165, 1.54) is 36.5 Å². The zero-order valence-electron chi connectivity index (χ0n) is 15.6. The number of amides is 1. The van der Waals surface area contributed by atoms with Crippen LogP contribution in [0.1, 0.15) is 0 Å². The number of carbonyl (C=O) groups is 1. The maximum atomic E-state index is 13.9. The fraction of sp³-hybridized carbons (Fsp3) is 0.100. The number of fused-ring (bicyclic) bond motifs is 1. The molecule has 154 valence electrons. The average molecular weight is 428 g/mol. The van der Waals surface area contributed by atoms with Crippen LogP contribution >= 0.6 is 0 Å². The highest BCUT2D eigenvalue weighted by Gasteiger charge is 2.22. The Morgan fingerprint density at radius 2 is 1.90 bits per heavy atom. The molecule has 0 saturated carbocycles. The van der Waals surface area contributed by atoms with Crippen LogP contribution in [-0.2, 0) is 16.6 Å². The van der Waals surface area contributed by atoms with Gasteiger partial charge in [-0.05, 0) is 30.3 Å². The van der Waals surface area contributed by atoms with E-state index >= 15 is 0 Å². The fourth-order valence-electron chi connectivity index (χ4n) is 3.21. The van der Waals surface area contributed by atoms with Gasteiger partial charge >= 0.3 is 6.09 Å². The van der Waals surface area contributed by atoms with E-state index in [4.69, 9.17) is 5.11 Å². The second-order valence-corrected chi connectivity index (χ2v) is 8.36. The summed E-state index contributed by atoms with van der Waals surface area (Å²) in [5.41, 5.74) is 1.42. The van der Waals surface area contributed by atoms with Crippen molar-refractivity contribution in [3.63, 3.8) is 0 Å². The van der Waals surface area contributed by atoms with Gasteiger partial charge in [-0.3, -0.25) is 4.68 Å². The molecule has 30 heavy (non-hydrogen) atoms. The first-order chi connectivity index (χ1) is 14.4. The van der Waals surface area contributed by atoms with Crippen molar-refractivity contribution in [2.24, 2.45) is 0 Å². The molecule has 0 spiro atoms. The smallest absolute Gasteiger partial charge is 0.404 e. The van der Waals surface area contributed by atoms with Gasteiger partial charge in [0.25, 0.3) is 10.0 Å². The van der Waals surface area contributed by atoms with E-state index in [1.54, 1.807) is 35.3 Å². The first-order valence-corrected chi connectivity index (χ1v) is 10.4. The van der Waals surface area contributed by atoms with Crippen molar-refractivity contribution in [3.05, 3.63) is 72.9 Å². The molecule has 0 aliphatic heterocycles. The highest BCUT2D eigenvalue weighted by Crippen LogP contribution is 2.33. The third-order valence-corrected chi connectivity index (χ3v) is 6.28. The standard InChI is InChI=1S/C20H17FN4O4S/c21-15-6-7-17-18(14-11-23-24(12-14)9-8-22-20(26)27)13-25(19(17)10-15)30(28,29)16-4-2-1-3-5-16/h1-7,10-13,22H,8-9H2,(H,26,27). The fourth-order valence-corrected chi connectivity index (χ4v) is 4.59. The van der Waals surface area contributed by atoms with Gasteiger partial charge in [-0.25, -0.2) is 21.6 Å². The Kier molecular flexibility index (Phi) is 5.00. The summed E-state index contributed by atoms with van der Waals surface area (Å²) < 4.78 is 42.9. The third-order valence-electron chi connectivity index (χ3n) is 4.60. The molecule has 8 nitrogen and oxygen atoms in total. The maximum Gasteiger partial charge on any atom is 0.404 e. The molecule has 4 aromatic rings. The van der Waals surface area contributed by atoms with Gasteiger partial charge in [0.05, 0.1) is 23.2 Å². The summed E-state index contributed by atoms with van der Waals surface area (Å²) in [4.78, 5) is 10.7. The van der Waals surface area contributed by atoms with Gasteiger partial charge in [-0.1, -0.05) is 18.2 Å². The van der Waals surface area contributed by atoms with Crippen molar-refractivity contribution >= 4 is 27.0 Å². The van der Waals surface area contributed by atoms with E-state index in [-0.39, 0.29) is 17.0 Å². The molecule has 2 aromatic heterocycles. The van der Waals surface area contributed by atoms with E-state index in [9.17, 15) is 17.6 Å². The maximum absolute atomic E-state index is 13.9. The quantitative estimate of drug-likeness (QED) is 0.491. The number of aromatic nitrogens is 3. The van der Waals surface area contributed by atoms with Gasteiger partial charge in [0.1, 0.15) is 5.82 Å². The number of hydrogen-bond donors (Lipinski definition) is 2. The van der Waals surface area contributed by atoms with Crippen molar-refractivity contribution < 1.29 is 22.7 Å². The van der Waals surface area contributed by atoms with Crippen LogP contribution in [0.4, 0.5) is 9.18 Å². The van der Waals surface area contributed by atoms with Gasteiger partial charge < -0.3 is 10.4 Å². The van der Waals surface area contributed by atoms with Crippen molar-refractivity contribution in [2.45, 2.75) is 11.4 Å². The van der Waals surface area contributed by atoms with Crippen LogP contribution in [0.2, 0.25) is 0 Å². The lowest BCUT2D eigenvalue weighted by Gasteiger charge is -2.07. The first-order valence-electron chi connectivity index (χ1n) is 8.97. The molecular formula is C20H17FN4O4S. The molecule has 0 unspecified atom stereocenters. The minimum atomic E-state index is -3.94. The molecule has 0 radical (unpaired) electrons. The zero-order valence-corrected chi connectivity index (χ0v) is 16.4. The van der Waals surface area contributed by atoms with Gasteiger partial charge in [-0.2, -0.15) is 5.10 Å². The van der Waals surface area contributed by atoms with E-state index in [1.807, 2.05) is 0 Å². The van der Waals surface area contributed by atoms with Crippen LogP contribution < -0.4 is 5.32 Å². The molecule has 0 aliphatic carbocycles. The van der Waals surface area contributed by atoms with Crippen molar-refractivity contribution in [1.29, 1.82) is 0 Å². The number of carboxylic acid groups (broad SMARTS) is 1. The Morgan fingerprint density at radius 1 is 1.13 bits per heavy atom. The zero-order chi connectivity index (χ0) is 21.3. The molecule has 10 heteroatoms.